The summed E-state index contributed by atoms with van der Waals surface area (Å²) < 4.78 is 16.0. The van der Waals surface area contributed by atoms with E-state index in [0.717, 1.165) is 77.6 Å². The lowest BCUT2D eigenvalue weighted by molar-refractivity contribution is -0.169. The zero-order valence-electron chi connectivity index (χ0n) is 35.4. The van der Waals surface area contributed by atoms with Crippen LogP contribution in [-0.4, -0.2) is 81.7 Å². The number of aryl methyl sites for hydroxylation is 2. The Hall–Kier alpha value is -3.74. The fourth-order valence-corrected chi connectivity index (χ4v) is 12.2. The molecule has 1 saturated heterocycles. The Balaban J connectivity index is 0.896. The van der Waals surface area contributed by atoms with Crippen LogP contribution in [0, 0.1) is 0 Å². The van der Waals surface area contributed by atoms with Gasteiger partial charge in [-0.1, -0.05) is 38.1 Å². The first-order valence-electron chi connectivity index (χ1n) is 21.2. The number of phenolic OH excluding ortho intramolecular Hbond substituents is 1. The molecule has 1 unspecified atom stereocenters. The first kappa shape index (κ1) is 43.9. The van der Waals surface area contributed by atoms with Gasteiger partial charge >= 0.3 is 5.97 Å². The highest BCUT2D eigenvalue weighted by Gasteiger charge is 2.45. The van der Waals surface area contributed by atoms with Crippen LogP contribution in [0.2, 0.25) is 18.1 Å². The molecule has 61 heavy (non-hydrogen) atoms. The summed E-state index contributed by atoms with van der Waals surface area (Å²) in [6.07, 6.45) is 4.91. The molecule has 1 aliphatic heterocycles. The van der Waals surface area contributed by atoms with Crippen molar-refractivity contribution in [2.45, 2.75) is 108 Å². The van der Waals surface area contributed by atoms with Crippen LogP contribution < -0.4 is 10.9 Å². The van der Waals surface area contributed by atoms with Gasteiger partial charge in [-0.3, -0.25) is 4.79 Å². The minimum Gasteiger partial charge on any atom is -0.506 e. The van der Waals surface area contributed by atoms with E-state index in [1.54, 1.807) is 24.3 Å². The van der Waals surface area contributed by atoms with Gasteiger partial charge in [-0.25, -0.2) is 9.48 Å². The molecule has 12 nitrogen and oxygen atoms in total. The fraction of sp³-hybridized carbons (Fsp3) is 0.467. The van der Waals surface area contributed by atoms with Crippen LogP contribution >= 0.6 is 38.6 Å². The van der Waals surface area contributed by atoms with Crippen LogP contribution in [0.5, 0.6) is 5.75 Å². The van der Waals surface area contributed by atoms with Crippen LogP contribution in [0.15, 0.2) is 68.6 Å². The minimum atomic E-state index is -2.22. The zero-order chi connectivity index (χ0) is 43.1. The van der Waals surface area contributed by atoms with Crippen molar-refractivity contribution in [3.63, 3.8) is 0 Å². The number of aromatic nitrogens is 4. The Bertz CT molecular complexity index is 2580. The Morgan fingerprint density at radius 3 is 2.57 bits per heavy atom. The average Bonchev–Trinajstić information content (AvgIpc) is 4.06. The number of phenols is 1. The predicted octanol–water partition coefficient (Wildman–Crippen LogP) is 8.54. The largest absolute Gasteiger partial charge is 0.506 e. The SMILES string of the molecule is CC(C)(C)[Si](C)(C)OC(CNCc1cc2nnn(CCCN3CCC(OC(=O)[C@@](O)(c4cccs4)c4ccc(Br)s4)CC3)c2c2c1CCC2)c1ccc(O)c2[nH]c(=O)ccc12. The Morgan fingerprint density at radius 2 is 1.85 bits per heavy atom. The second-order valence-electron chi connectivity index (χ2n) is 17.9. The van der Waals surface area contributed by atoms with E-state index in [2.05, 4.69) is 86.1 Å². The molecule has 16 heteroatoms. The molecule has 0 saturated carbocycles. The summed E-state index contributed by atoms with van der Waals surface area (Å²) >= 11 is 6.15. The molecule has 8 rings (SSSR count). The summed E-state index contributed by atoms with van der Waals surface area (Å²) in [4.78, 5) is 32.1. The third-order valence-electron chi connectivity index (χ3n) is 12.9. The maximum atomic E-state index is 13.6. The van der Waals surface area contributed by atoms with Crippen molar-refractivity contribution in [3.8, 4) is 5.75 Å². The topological polar surface area (TPSA) is 155 Å². The molecule has 0 spiro atoms. The number of likely N-dealkylation sites (tertiary alicyclic amines) is 1. The number of aliphatic hydroxyl groups is 1. The number of pyridine rings is 1. The summed E-state index contributed by atoms with van der Waals surface area (Å²) in [6, 6.07) is 16.3. The monoisotopic (exact) mass is 946 g/mol. The van der Waals surface area contributed by atoms with Crippen molar-refractivity contribution >= 4 is 74.8 Å². The lowest BCUT2D eigenvalue weighted by Gasteiger charge is -2.39. The number of benzene rings is 2. The van der Waals surface area contributed by atoms with Crippen molar-refractivity contribution in [2.24, 2.45) is 0 Å². The molecule has 1 fully saturated rings. The van der Waals surface area contributed by atoms with E-state index in [1.165, 1.54) is 45.4 Å². The highest BCUT2D eigenvalue weighted by Crippen LogP contribution is 2.42. The lowest BCUT2D eigenvalue weighted by Crippen LogP contribution is -2.43. The van der Waals surface area contributed by atoms with Crippen LogP contribution in [0.1, 0.15) is 84.6 Å². The summed E-state index contributed by atoms with van der Waals surface area (Å²) in [5, 5.41) is 38.0. The molecule has 5 heterocycles. The number of hydrogen-bond acceptors (Lipinski definition) is 12. The number of aromatic hydroxyl groups is 1. The van der Waals surface area contributed by atoms with Crippen LogP contribution in [-0.2, 0) is 45.5 Å². The maximum absolute atomic E-state index is 13.6. The molecule has 4 N–H and O–H groups in total. The highest BCUT2D eigenvalue weighted by molar-refractivity contribution is 9.11. The lowest BCUT2D eigenvalue weighted by atomic mass is 9.99. The Kier molecular flexibility index (Phi) is 12.8. The van der Waals surface area contributed by atoms with Gasteiger partial charge < -0.3 is 34.6 Å². The van der Waals surface area contributed by atoms with E-state index < -0.39 is 19.9 Å². The summed E-state index contributed by atoms with van der Waals surface area (Å²) in [5.74, 6) is -0.578. The number of aromatic amines is 1. The van der Waals surface area contributed by atoms with Gasteiger partial charge in [0.15, 0.2) is 8.32 Å². The molecule has 0 radical (unpaired) electrons. The average molecular weight is 948 g/mol. The number of carbonyl (C=O) groups is 1. The number of esters is 1. The van der Waals surface area contributed by atoms with Crippen molar-refractivity contribution in [3.05, 3.63) is 106 Å². The van der Waals surface area contributed by atoms with Crippen molar-refractivity contribution in [2.75, 3.05) is 26.2 Å². The first-order chi connectivity index (χ1) is 29.1. The van der Waals surface area contributed by atoms with Gasteiger partial charge in [-0.2, -0.15) is 0 Å². The number of nitrogens with one attached hydrogen (secondary N) is 2. The standard InChI is InChI=1S/C45H55BrN6O6S2Si/c1-44(2,3)61(4,5)58-36(31-12-14-35(53)41-32(31)13-17-40(54)48-41)27-47-26-28-25-34-42(33-10-6-9-30(28)33)52(50-49-34)21-8-20-51-22-18-29(19-23-51)57-43(55)45(56,37-11-7-24-59-37)38-15-16-39(46)60-38/h7,11-17,24-25,29,36,47,53,56H,6,8-10,18-23,26-27H2,1-5H3,(H,48,54)/t36?,45-/m1/s1. The van der Waals surface area contributed by atoms with E-state index in [4.69, 9.17) is 9.16 Å². The number of thiophene rings is 2. The predicted molar refractivity (Wildman–Crippen MR) is 248 cm³/mol. The fourth-order valence-electron chi connectivity index (χ4n) is 8.53. The molecule has 2 aromatic carbocycles. The Morgan fingerprint density at radius 1 is 1.07 bits per heavy atom. The molecule has 2 atom stereocenters. The molecule has 0 bridgehead atoms. The number of ether oxygens (including phenoxy) is 1. The van der Waals surface area contributed by atoms with E-state index in [1.807, 2.05) is 23.6 Å². The van der Waals surface area contributed by atoms with Crippen molar-refractivity contribution < 1.29 is 24.2 Å². The number of carbonyl (C=O) groups excluding carboxylic acids is 1. The molecule has 0 amide bonds. The molecular formula is C45H55BrN6O6S2Si. The number of halogens is 1. The molecular weight excluding hydrogens is 893 g/mol. The van der Waals surface area contributed by atoms with E-state index in [9.17, 15) is 19.8 Å². The van der Waals surface area contributed by atoms with Gasteiger partial charge in [-0.05, 0) is 143 Å². The zero-order valence-corrected chi connectivity index (χ0v) is 39.6. The molecule has 324 valence electrons. The molecule has 4 aromatic heterocycles. The number of H-pyrrole nitrogens is 1. The van der Waals surface area contributed by atoms with Crippen LogP contribution in [0.25, 0.3) is 21.9 Å². The maximum Gasteiger partial charge on any atom is 0.349 e. The van der Waals surface area contributed by atoms with Gasteiger partial charge in [0.25, 0.3) is 0 Å². The second kappa shape index (κ2) is 17.8. The number of hydrogen-bond donors (Lipinski definition) is 4. The quantitative estimate of drug-likeness (QED) is 0.0582. The molecule has 1 aliphatic carbocycles. The third-order valence-corrected chi connectivity index (χ3v) is 20.1. The van der Waals surface area contributed by atoms with E-state index >= 15 is 0 Å². The minimum absolute atomic E-state index is 0.0141. The van der Waals surface area contributed by atoms with Crippen molar-refractivity contribution in [1.82, 2.24) is 30.2 Å². The molecule has 6 aromatic rings. The van der Waals surface area contributed by atoms with E-state index in [0.29, 0.717) is 41.2 Å². The van der Waals surface area contributed by atoms with Gasteiger partial charge in [0.2, 0.25) is 11.2 Å². The van der Waals surface area contributed by atoms with Crippen molar-refractivity contribution in [1.29, 1.82) is 0 Å². The Labute approximate surface area is 373 Å². The molecule has 2 aliphatic rings. The summed E-state index contributed by atoms with van der Waals surface area (Å²) in [6.45, 7) is 15.7. The number of rotatable bonds is 15. The van der Waals surface area contributed by atoms with Crippen LogP contribution in [0.3, 0.4) is 0 Å². The summed E-state index contributed by atoms with van der Waals surface area (Å²) in [5.41, 5.74) is 5.29. The van der Waals surface area contributed by atoms with Gasteiger partial charge in [0.1, 0.15) is 17.4 Å². The number of piperidine rings is 1. The number of fused-ring (bicyclic) bond motifs is 4. The van der Waals surface area contributed by atoms with Gasteiger partial charge in [0, 0.05) is 44.2 Å². The first-order valence-corrected chi connectivity index (χ1v) is 26.6. The third kappa shape index (κ3) is 9.05. The second-order valence-corrected chi connectivity index (χ2v) is 26.1. The summed E-state index contributed by atoms with van der Waals surface area (Å²) in [7, 11) is -2.22. The number of nitrogens with zero attached hydrogens (tertiary/aromatic N) is 4. The normalized spacial score (nSPS) is 16.9. The smallest absolute Gasteiger partial charge is 0.349 e. The van der Waals surface area contributed by atoms with E-state index in [-0.39, 0.29) is 28.6 Å². The highest BCUT2D eigenvalue weighted by atomic mass is 79.9. The van der Waals surface area contributed by atoms with Gasteiger partial charge in [0.05, 0.1) is 30.7 Å². The van der Waals surface area contributed by atoms with Crippen LogP contribution in [0.4, 0.5) is 0 Å². The van der Waals surface area contributed by atoms with Gasteiger partial charge in [-0.15, -0.1) is 27.8 Å².